The molecule has 2 N–H and O–H groups in total. The first-order valence-electron chi connectivity index (χ1n) is 6.56. The number of unbranched alkanes of at least 4 members (excludes halogenated alkanes) is 5. The normalized spacial score (nSPS) is 13.0. The van der Waals surface area contributed by atoms with Crippen molar-refractivity contribution in [3.63, 3.8) is 0 Å². The molecule has 0 radical (unpaired) electrons. The molecule has 0 aliphatic carbocycles. The van der Waals surface area contributed by atoms with Crippen LogP contribution in [0.15, 0.2) is 0 Å². The summed E-state index contributed by atoms with van der Waals surface area (Å²) in [7, 11) is 0. The molecular weight excluding hydrogens is 188 g/mol. The summed E-state index contributed by atoms with van der Waals surface area (Å²) in [6, 6.07) is 0. The standard InChI is InChI=1S/C13H28O2/c1-2-13(10-12-15)9-7-5-3-4-6-8-11-14/h13-15H,2-12H2,1H3. The smallest absolute Gasteiger partial charge is 0.0433 e. The van der Waals surface area contributed by atoms with Crippen molar-refractivity contribution in [2.24, 2.45) is 5.92 Å². The van der Waals surface area contributed by atoms with E-state index in [4.69, 9.17) is 10.2 Å². The van der Waals surface area contributed by atoms with Gasteiger partial charge in [-0.15, -0.1) is 0 Å². The second kappa shape index (κ2) is 12.0. The van der Waals surface area contributed by atoms with Crippen LogP contribution in [0.5, 0.6) is 0 Å². The maximum absolute atomic E-state index is 8.84. The summed E-state index contributed by atoms with van der Waals surface area (Å²) in [6.07, 6.45) is 10.8. The van der Waals surface area contributed by atoms with E-state index in [0.29, 0.717) is 13.2 Å². The van der Waals surface area contributed by atoms with Crippen LogP contribution in [0.25, 0.3) is 0 Å². The van der Waals surface area contributed by atoms with Crippen molar-refractivity contribution in [1.29, 1.82) is 0 Å². The molecular formula is C13H28O2. The number of hydrogen-bond acceptors (Lipinski definition) is 2. The van der Waals surface area contributed by atoms with Crippen molar-refractivity contribution in [2.75, 3.05) is 13.2 Å². The van der Waals surface area contributed by atoms with E-state index in [1.54, 1.807) is 0 Å². The first-order chi connectivity index (χ1) is 7.35. The number of rotatable bonds is 11. The van der Waals surface area contributed by atoms with E-state index in [-0.39, 0.29) is 0 Å². The second-order valence-electron chi connectivity index (χ2n) is 4.42. The highest BCUT2D eigenvalue weighted by atomic mass is 16.3. The Morgan fingerprint density at radius 2 is 1.33 bits per heavy atom. The molecule has 0 saturated heterocycles. The van der Waals surface area contributed by atoms with Gasteiger partial charge in [-0.05, 0) is 18.8 Å². The quantitative estimate of drug-likeness (QED) is 0.521. The summed E-state index contributed by atoms with van der Waals surface area (Å²) in [5.41, 5.74) is 0. The monoisotopic (exact) mass is 216 g/mol. The summed E-state index contributed by atoms with van der Waals surface area (Å²) in [6.45, 7) is 2.89. The predicted molar refractivity (Wildman–Crippen MR) is 64.9 cm³/mol. The van der Waals surface area contributed by atoms with Gasteiger partial charge in [-0.25, -0.2) is 0 Å². The Kier molecular flexibility index (Phi) is 11.9. The molecule has 0 aliphatic rings. The third kappa shape index (κ3) is 10.2. The van der Waals surface area contributed by atoms with E-state index in [1.807, 2.05) is 0 Å². The lowest BCUT2D eigenvalue weighted by Crippen LogP contribution is -2.01. The fraction of sp³-hybridized carbons (Fsp3) is 1.00. The van der Waals surface area contributed by atoms with Crippen LogP contribution < -0.4 is 0 Å². The molecule has 0 heterocycles. The highest BCUT2D eigenvalue weighted by molar-refractivity contribution is 4.57. The van der Waals surface area contributed by atoms with Crippen molar-refractivity contribution >= 4 is 0 Å². The third-order valence-electron chi connectivity index (χ3n) is 3.14. The van der Waals surface area contributed by atoms with Gasteiger partial charge in [0.05, 0.1) is 0 Å². The van der Waals surface area contributed by atoms with E-state index >= 15 is 0 Å². The maximum atomic E-state index is 8.84. The maximum Gasteiger partial charge on any atom is 0.0433 e. The van der Waals surface area contributed by atoms with Crippen molar-refractivity contribution in [1.82, 2.24) is 0 Å². The number of aliphatic hydroxyl groups is 2. The average Bonchev–Trinajstić information content (AvgIpc) is 2.26. The Hall–Kier alpha value is -0.0800. The van der Waals surface area contributed by atoms with Crippen molar-refractivity contribution in [3.05, 3.63) is 0 Å². The lowest BCUT2D eigenvalue weighted by atomic mass is 9.95. The third-order valence-corrected chi connectivity index (χ3v) is 3.14. The number of aliphatic hydroxyl groups excluding tert-OH is 2. The molecule has 0 aromatic heterocycles. The Labute approximate surface area is 94.7 Å². The van der Waals surface area contributed by atoms with Crippen LogP contribution in [0.3, 0.4) is 0 Å². The Balaban J connectivity index is 3.14. The Morgan fingerprint density at radius 1 is 0.733 bits per heavy atom. The molecule has 1 atom stereocenters. The zero-order valence-electron chi connectivity index (χ0n) is 10.2. The van der Waals surface area contributed by atoms with Crippen LogP contribution >= 0.6 is 0 Å². The average molecular weight is 216 g/mol. The Bertz CT molecular complexity index is 115. The topological polar surface area (TPSA) is 40.5 Å². The van der Waals surface area contributed by atoms with Crippen LogP contribution in [0.4, 0.5) is 0 Å². The van der Waals surface area contributed by atoms with Crippen molar-refractivity contribution < 1.29 is 10.2 Å². The zero-order valence-corrected chi connectivity index (χ0v) is 10.2. The van der Waals surface area contributed by atoms with E-state index < -0.39 is 0 Å². The van der Waals surface area contributed by atoms with Gasteiger partial charge in [-0.1, -0.05) is 51.9 Å². The summed E-state index contributed by atoms with van der Waals surface area (Å²) in [4.78, 5) is 0. The minimum atomic E-state index is 0.342. The zero-order chi connectivity index (χ0) is 11.4. The lowest BCUT2D eigenvalue weighted by molar-refractivity contribution is 0.246. The van der Waals surface area contributed by atoms with Gasteiger partial charge >= 0.3 is 0 Å². The van der Waals surface area contributed by atoms with Gasteiger partial charge in [-0.2, -0.15) is 0 Å². The minimum Gasteiger partial charge on any atom is -0.396 e. The van der Waals surface area contributed by atoms with Gasteiger partial charge in [0.1, 0.15) is 0 Å². The van der Waals surface area contributed by atoms with Gasteiger partial charge in [0.2, 0.25) is 0 Å². The molecule has 0 rings (SSSR count). The molecule has 0 aliphatic heterocycles. The van der Waals surface area contributed by atoms with E-state index in [2.05, 4.69) is 6.92 Å². The summed E-state index contributed by atoms with van der Waals surface area (Å²) in [5, 5.41) is 17.5. The van der Waals surface area contributed by atoms with E-state index in [9.17, 15) is 0 Å². The molecule has 2 heteroatoms. The van der Waals surface area contributed by atoms with Gasteiger partial charge in [0, 0.05) is 13.2 Å². The second-order valence-corrected chi connectivity index (χ2v) is 4.42. The van der Waals surface area contributed by atoms with Crippen LogP contribution in [-0.2, 0) is 0 Å². The predicted octanol–water partition coefficient (Wildman–Crippen LogP) is 3.12. The van der Waals surface area contributed by atoms with Crippen LogP contribution in [0.2, 0.25) is 0 Å². The molecule has 0 spiro atoms. The fourth-order valence-electron chi connectivity index (χ4n) is 1.99. The molecule has 0 saturated carbocycles. The van der Waals surface area contributed by atoms with Crippen LogP contribution in [-0.4, -0.2) is 23.4 Å². The first kappa shape index (κ1) is 14.9. The fourth-order valence-corrected chi connectivity index (χ4v) is 1.99. The van der Waals surface area contributed by atoms with Crippen molar-refractivity contribution in [3.8, 4) is 0 Å². The van der Waals surface area contributed by atoms with E-state index in [0.717, 1.165) is 18.8 Å². The highest BCUT2D eigenvalue weighted by Gasteiger charge is 2.04. The summed E-state index contributed by atoms with van der Waals surface area (Å²) >= 11 is 0. The molecule has 92 valence electrons. The van der Waals surface area contributed by atoms with Gasteiger partial charge in [-0.3, -0.25) is 0 Å². The largest absolute Gasteiger partial charge is 0.396 e. The van der Waals surface area contributed by atoms with Crippen LogP contribution in [0, 0.1) is 5.92 Å². The summed E-state index contributed by atoms with van der Waals surface area (Å²) in [5.74, 6) is 0.729. The molecule has 0 aromatic carbocycles. The molecule has 0 bridgehead atoms. The molecule has 0 aromatic rings. The molecule has 15 heavy (non-hydrogen) atoms. The molecule has 0 fully saturated rings. The lowest BCUT2D eigenvalue weighted by Gasteiger charge is -2.12. The van der Waals surface area contributed by atoms with Gasteiger partial charge in [0.15, 0.2) is 0 Å². The molecule has 1 unspecified atom stereocenters. The van der Waals surface area contributed by atoms with Crippen LogP contribution in [0.1, 0.15) is 64.7 Å². The molecule has 0 amide bonds. The van der Waals surface area contributed by atoms with Gasteiger partial charge in [0.25, 0.3) is 0 Å². The van der Waals surface area contributed by atoms with E-state index in [1.165, 1.54) is 44.9 Å². The SMILES string of the molecule is CCC(CCO)CCCCCCCCO. The van der Waals surface area contributed by atoms with Gasteiger partial charge < -0.3 is 10.2 Å². The van der Waals surface area contributed by atoms with Crippen molar-refractivity contribution in [2.45, 2.75) is 64.7 Å². The Morgan fingerprint density at radius 3 is 1.87 bits per heavy atom. The number of hydrogen-bond donors (Lipinski definition) is 2. The summed E-state index contributed by atoms with van der Waals surface area (Å²) < 4.78 is 0. The molecule has 2 nitrogen and oxygen atoms in total. The highest BCUT2D eigenvalue weighted by Crippen LogP contribution is 2.17. The first-order valence-corrected chi connectivity index (χ1v) is 6.56. The minimum absolute atomic E-state index is 0.342.